The number of hydrogen-bond acceptors (Lipinski definition) is 2. The fourth-order valence-electron chi connectivity index (χ4n) is 2.04. The summed E-state index contributed by atoms with van der Waals surface area (Å²) in [6, 6.07) is 0. The molecule has 0 N–H and O–H groups in total. The molecule has 0 aromatic carbocycles. The molecule has 1 unspecified atom stereocenters. The fraction of sp³-hybridized carbons (Fsp3) is 0.857. The fourth-order valence-corrected chi connectivity index (χ4v) is 2.29. The number of hydrogen-bond donors (Lipinski definition) is 0. The zero-order valence-electron chi connectivity index (χ0n) is 5.72. The van der Waals surface area contributed by atoms with Crippen molar-refractivity contribution in [2.45, 2.75) is 6.42 Å². The number of carbonyl (C=O) groups is 1. The molecular formula is C7H10ClNO. The molecular weight excluding hydrogens is 150 g/mol. The molecule has 3 atom stereocenters. The van der Waals surface area contributed by atoms with E-state index in [1.54, 1.807) is 0 Å². The number of rotatable bonds is 1. The Morgan fingerprint density at radius 2 is 2.30 bits per heavy atom. The smallest absolute Gasteiger partial charge is 0.226 e. The van der Waals surface area contributed by atoms with Gasteiger partial charge >= 0.3 is 0 Å². The summed E-state index contributed by atoms with van der Waals surface area (Å²) in [7, 11) is 0. The third kappa shape index (κ3) is 0.867. The molecule has 3 heteroatoms. The van der Waals surface area contributed by atoms with Crippen LogP contribution in [0.4, 0.5) is 0 Å². The molecule has 2 aliphatic rings. The normalized spacial score (nSPS) is 44.3. The van der Waals surface area contributed by atoms with E-state index < -0.39 is 0 Å². The van der Waals surface area contributed by atoms with E-state index in [1.807, 2.05) is 0 Å². The van der Waals surface area contributed by atoms with Gasteiger partial charge in [0.05, 0.1) is 0 Å². The van der Waals surface area contributed by atoms with E-state index in [0.717, 1.165) is 13.1 Å². The summed E-state index contributed by atoms with van der Waals surface area (Å²) < 4.78 is 0. The molecule has 2 fully saturated rings. The first-order chi connectivity index (χ1) is 4.77. The van der Waals surface area contributed by atoms with Crippen LogP contribution in [0.15, 0.2) is 0 Å². The molecule has 2 bridgehead atoms. The van der Waals surface area contributed by atoms with Crippen LogP contribution in [0.1, 0.15) is 6.42 Å². The Morgan fingerprint density at radius 1 is 1.50 bits per heavy atom. The number of halogens is 1. The molecule has 10 heavy (non-hydrogen) atoms. The summed E-state index contributed by atoms with van der Waals surface area (Å²) in [6.45, 7) is 3.18. The van der Waals surface area contributed by atoms with Crippen molar-refractivity contribution in [2.24, 2.45) is 11.8 Å². The van der Waals surface area contributed by atoms with Gasteiger partial charge in [0.15, 0.2) is 0 Å². The van der Waals surface area contributed by atoms with Crippen LogP contribution < -0.4 is 0 Å². The Hall–Kier alpha value is -0.0800. The first kappa shape index (κ1) is 6.62. The molecule has 0 radical (unpaired) electrons. The SMILES string of the molecule is O=C(Cl)[C@@H]1CN2CC[C@H]1C2. The third-order valence-electron chi connectivity index (χ3n) is 2.62. The van der Waals surface area contributed by atoms with E-state index in [0.29, 0.717) is 5.92 Å². The minimum absolute atomic E-state index is 0.132. The quantitative estimate of drug-likeness (QED) is 0.525. The van der Waals surface area contributed by atoms with Gasteiger partial charge in [-0.1, -0.05) is 0 Å². The van der Waals surface area contributed by atoms with Gasteiger partial charge in [0.25, 0.3) is 0 Å². The second-order valence-corrected chi connectivity index (χ2v) is 3.59. The number of piperidine rings is 1. The predicted octanol–water partition coefficient (Wildman–Crippen LogP) is 0.704. The standard InChI is InChI=1S/C7H10ClNO/c8-7(10)6-4-9-2-1-5(6)3-9/h5-6H,1-4H2/t5-,6+/m0/s1. The van der Waals surface area contributed by atoms with E-state index >= 15 is 0 Å². The third-order valence-corrected chi connectivity index (χ3v) is 2.90. The maximum Gasteiger partial charge on any atom is 0.226 e. The lowest BCUT2D eigenvalue weighted by atomic mass is 9.94. The predicted molar refractivity (Wildman–Crippen MR) is 38.9 cm³/mol. The molecule has 2 saturated heterocycles. The van der Waals surface area contributed by atoms with Crippen molar-refractivity contribution >= 4 is 16.8 Å². The van der Waals surface area contributed by atoms with Crippen LogP contribution in [0, 0.1) is 11.8 Å². The van der Waals surface area contributed by atoms with Crippen molar-refractivity contribution in [1.82, 2.24) is 4.90 Å². The van der Waals surface area contributed by atoms with Crippen molar-refractivity contribution in [1.29, 1.82) is 0 Å². The van der Waals surface area contributed by atoms with E-state index in [2.05, 4.69) is 4.90 Å². The van der Waals surface area contributed by atoms with Gasteiger partial charge in [-0.15, -0.1) is 0 Å². The maximum atomic E-state index is 10.8. The van der Waals surface area contributed by atoms with Crippen molar-refractivity contribution in [3.05, 3.63) is 0 Å². The minimum atomic E-state index is -0.132. The van der Waals surface area contributed by atoms with E-state index in [4.69, 9.17) is 11.6 Å². The topological polar surface area (TPSA) is 20.3 Å². The molecule has 2 nitrogen and oxygen atoms in total. The number of nitrogens with zero attached hydrogens (tertiary/aromatic N) is 1. The average Bonchev–Trinajstić information content (AvgIpc) is 2.44. The van der Waals surface area contributed by atoms with Crippen LogP contribution in [0.25, 0.3) is 0 Å². The Balaban J connectivity index is 2.08. The molecule has 0 aromatic heterocycles. The monoisotopic (exact) mass is 159 g/mol. The van der Waals surface area contributed by atoms with Crippen LogP contribution in [-0.2, 0) is 4.79 Å². The Morgan fingerprint density at radius 3 is 2.60 bits per heavy atom. The minimum Gasteiger partial charge on any atom is -0.302 e. The number of fused-ring (bicyclic) bond motifs is 2. The van der Waals surface area contributed by atoms with Gasteiger partial charge in [0.2, 0.25) is 5.24 Å². The highest BCUT2D eigenvalue weighted by Gasteiger charge is 2.40. The van der Waals surface area contributed by atoms with Crippen molar-refractivity contribution in [3.8, 4) is 0 Å². The summed E-state index contributed by atoms with van der Waals surface area (Å²) in [5, 5.41) is -0.132. The van der Waals surface area contributed by atoms with E-state index in [9.17, 15) is 4.79 Å². The Labute approximate surface area is 65.1 Å². The Bertz CT molecular complexity index is 171. The van der Waals surface area contributed by atoms with Gasteiger partial charge in [0, 0.05) is 19.0 Å². The largest absolute Gasteiger partial charge is 0.302 e. The van der Waals surface area contributed by atoms with Gasteiger partial charge < -0.3 is 4.90 Å². The summed E-state index contributed by atoms with van der Waals surface area (Å²) in [4.78, 5) is 13.1. The molecule has 0 aliphatic carbocycles. The second-order valence-electron chi connectivity index (χ2n) is 3.22. The highest BCUT2D eigenvalue weighted by Crippen LogP contribution is 2.33. The molecule has 2 heterocycles. The van der Waals surface area contributed by atoms with Gasteiger partial charge in [0.1, 0.15) is 0 Å². The molecule has 0 saturated carbocycles. The zero-order valence-corrected chi connectivity index (χ0v) is 6.47. The molecule has 2 aliphatic heterocycles. The summed E-state index contributed by atoms with van der Waals surface area (Å²) in [5.41, 5.74) is 0. The Kier molecular flexibility index (Phi) is 1.46. The van der Waals surface area contributed by atoms with Crippen molar-refractivity contribution in [3.63, 3.8) is 0 Å². The van der Waals surface area contributed by atoms with Crippen molar-refractivity contribution in [2.75, 3.05) is 19.6 Å². The summed E-state index contributed by atoms with van der Waals surface area (Å²) in [5.74, 6) is 0.723. The van der Waals surface area contributed by atoms with Gasteiger partial charge in [-0.2, -0.15) is 0 Å². The van der Waals surface area contributed by atoms with Gasteiger partial charge in [-0.05, 0) is 30.5 Å². The highest BCUT2D eigenvalue weighted by atomic mass is 35.5. The first-order valence-electron chi connectivity index (χ1n) is 3.69. The van der Waals surface area contributed by atoms with E-state index in [1.165, 1.54) is 13.0 Å². The number of carbonyl (C=O) groups excluding carboxylic acids is 1. The van der Waals surface area contributed by atoms with Crippen LogP contribution in [0.5, 0.6) is 0 Å². The lowest BCUT2D eigenvalue weighted by Gasteiger charge is -2.17. The first-order valence-corrected chi connectivity index (χ1v) is 4.07. The van der Waals surface area contributed by atoms with Crippen LogP contribution in [0.2, 0.25) is 0 Å². The molecule has 0 amide bonds. The molecule has 0 spiro atoms. The molecule has 56 valence electrons. The maximum absolute atomic E-state index is 10.8. The van der Waals surface area contributed by atoms with Gasteiger partial charge in [-0.3, -0.25) is 4.79 Å². The van der Waals surface area contributed by atoms with Crippen LogP contribution in [0.3, 0.4) is 0 Å². The van der Waals surface area contributed by atoms with Crippen LogP contribution in [-0.4, -0.2) is 29.8 Å². The van der Waals surface area contributed by atoms with Crippen LogP contribution >= 0.6 is 11.6 Å². The van der Waals surface area contributed by atoms with Gasteiger partial charge in [-0.25, -0.2) is 0 Å². The second kappa shape index (κ2) is 2.21. The van der Waals surface area contributed by atoms with E-state index in [-0.39, 0.29) is 11.2 Å². The highest BCUT2D eigenvalue weighted by molar-refractivity contribution is 6.64. The molecule has 0 aromatic rings. The summed E-state index contributed by atoms with van der Waals surface area (Å²) in [6.07, 6.45) is 1.17. The summed E-state index contributed by atoms with van der Waals surface area (Å²) >= 11 is 5.41. The average molecular weight is 160 g/mol. The zero-order chi connectivity index (χ0) is 7.14. The van der Waals surface area contributed by atoms with Crippen molar-refractivity contribution < 1.29 is 4.79 Å². The lowest BCUT2D eigenvalue weighted by molar-refractivity contribution is -0.116. The molecule has 2 rings (SSSR count). The lowest BCUT2D eigenvalue weighted by Crippen LogP contribution is -2.26.